The van der Waals surface area contributed by atoms with Crippen LogP contribution in [0.1, 0.15) is 60.4 Å². The molecule has 2 amide bonds. The molecule has 30 heavy (non-hydrogen) atoms. The number of carbonyl (C=O) groups excluding carboxylic acids is 2. The van der Waals surface area contributed by atoms with Gasteiger partial charge in [-0.3, -0.25) is 14.9 Å². The summed E-state index contributed by atoms with van der Waals surface area (Å²) in [6.07, 6.45) is 4.53. The zero-order valence-corrected chi connectivity index (χ0v) is 18.4. The van der Waals surface area contributed by atoms with E-state index in [0.717, 1.165) is 18.4 Å². The van der Waals surface area contributed by atoms with Crippen LogP contribution < -0.4 is 5.32 Å². The van der Waals surface area contributed by atoms with Gasteiger partial charge in [0, 0.05) is 23.9 Å². The standard InChI is InChI=1S/C15H19N.C9H7NO2.C2H6/c1-12(2)10-14-8-9-16-15(14)11-13-6-4-3-5-7-13;11-8-5-6-3-1-2-4-7(6)9(12)10-8;1-2/h3-9,12,16H,10-11H2,1-2H3;1-4H,5H2,(H,10,11,12);1-2H3. The van der Waals surface area contributed by atoms with Gasteiger partial charge < -0.3 is 4.98 Å². The highest BCUT2D eigenvalue weighted by Gasteiger charge is 2.20. The van der Waals surface area contributed by atoms with E-state index in [-0.39, 0.29) is 11.8 Å². The predicted molar refractivity (Wildman–Crippen MR) is 123 cm³/mol. The summed E-state index contributed by atoms with van der Waals surface area (Å²) in [6, 6.07) is 20.0. The maximum absolute atomic E-state index is 11.2. The predicted octanol–water partition coefficient (Wildman–Crippen LogP) is 5.33. The number of nitrogens with one attached hydrogen (secondary N) is 2. The molecule has 3 aromatic rings. The van der Waals surface area contributed by atoms with Crippen LogP contribution in [-0.2, 0) is 24.1 Å². The molecule has 0 unspecified atom stereocenters. The minimum absolute atomic E-state index is 0.223. The minimum atomic E-state index is -0.290. The Morgan fingerprint density at radius 1 is 0.900 bits per heavy atom. The number of imide groups is 1. The smallest absolute Gasteiger partial charge is 0.258 e. The average molecular weight is 405 g/mol. The fraction of sp³-hybridized carbons (Fsp3) is 0.308. The highest BCUT2D eigenvalue weighted by atomic mass is 16.2. The molecule has 0 aliphatic carbocycles. The molecule has 2 heterocycles. The van der Waals surface area contributed by atoms with Crippen LogP contribution in [0.5, 0.6) is 0 Å². The number of hydrogen-bond acceptors (Lipinski definition) is 2. The van der Waals surface area contributed by atoms with E-state index < -0.39 is 0 Å². The summed E-state index contributed by atoms with van der Waals surface area (Å²) >= 11 is 0. The maximum Gasteiger partial charge on any atom is 0.258 e. The second-order valence-electron chi connectivity index (χ2n) is 7.45. The Balaban J connectivity index is 0.000000204. The number of benzene rings is 2. The van der Waals surface area contributed by atoms with Crippen molar-refractivity contribution in [2.24, 2.45) is 5.92 Å². The third-order valence-corrected chi connectivity index (χ3v) is 4.65. The molecule has 2 N–H and O–H groups in total. The molecule has 4 heteroatoms. The molecule has 0 saturated carbocycles. The van der Waals surface area contributed by atoms with E-state index in [1.54, 1.807) is 18.2 Å². The van der Waals surface area contributed by atoms with Gasteiger partial charge >= 0.3 is 0 Å². The number of fused-ring (bicyclic) bond motifs is 1. The molecule has 1 aromatic heterocycles. The van der Waals surface area contributed by atoms with Crippen LogP contribution in [0.25, 0.3) is 0 Å². The number of aromatic amines is 1. The third-order valence-electron chi connectivity index (χ3n) is 4.65. The molecule has 0 fully saturated rings. The summed E-state index contributed by atoms with van der Waals surface area (Å²) in [5, 5.41) is 2.26. The first-order chi connectivity index (χ1) is 14.5. The lowest BCUT2D eigenvalue weighted by molar-refractivity contribution is -0.119. The normalized spacial score (nSPS) is 12.2. The van der Waals surface area contributed by atoms with Gasteiger partial charge in [0.2, 0.25) is 5.91 Å². The van der Waals surface area contributed by atoms with Gasteiger partial charge in [-0.1, -0.05) is 76.2 Å². The highest BCUT2D eigenvalue weighted by molar-refractivity contribution is 6.09. The van der Waals surface area contributed by atoms with Crippen molar-refractivity contribution in [2.45, 2.75) is 47.0 Å². The largest absolute Gasteiger partial charge is 0.364 e. The van der Waals surface area contributed by atoms with Crippen LogP contribution in [0, 0.1) is 5.92 Å². The van der Waals surface area contributed by atoms with Gasteiger partial charge in [-0.05, 0) is 41.2 Å². The summed E-state index contributed by atoms with van der Waals surface area (Å²) in [7, 11) is 0. The van der Waals surface area contributed by atoms with E-state index in [1.807, 2.05) is 19.9 Å². The zero-order chi connectivity index (χ0) is 21.9. The summed E-state index contributed by atoms with van der Waals surface area (Å²) < 4.78 is 0. The van der Waals surface area contributed by atoms with Crippen molar-refractivity contribution >= 4 is 11.8 Å². The van der Waals surface area contributed by atoms with Gasteiger partial charge in [-0.2, -0.15) is 0 Å². The fourth-order valence-electron chi connectivity index (χ4n) is 3.34. The first kappa shape index (κ1) is 23.1. The number of rotatable bonds is 4. The molecular formula is C26H32N2O2. The van der Waals surface area contributed by atoms with Crippen LogP contribution in [0.3, 0.4) is 0 Å². The molecular weight excluding hydrogens is 372 g/mol. The monoisotopic (exact) mass is 404 g/mol. The average Bonchev–Trinajstić information content (AvgIpc) is 3.16. The SMILES string of the molecule is CC.CC(C)Cc1cc[nH]c1Cc1ccccc1.O=C1Cc2ccccc2C(=O)N1. The van der Waals surface area contributed by atoms with Gasteiger partial charge in [-0.25, -0.2) is 0 Å². The van der Waals surface area contributed by atoms with E-state index in [2.05, 4.69) is 66.7 Å². The maximum atomic E-state index is 11.2. The number of amides is 2. The Bertz CT molecular complexity index is 942. The van der Waals surface area contributed by atoms with Crippen LogP contribution >= 0.6 is 0 Å². The van der Waals surface area contributed by atoms with Crippen molar-refractivity contribution in [1.82, 2.24) is 10.3 Å². The van der Waals surface area contributed by atoms with Crippen LogP contribution in [0.15, 0.2) is 66.9 Å². The molecule has 0 atom stereocenters. The molecule has 0 bridgehead atoms. The number of aromatic nitrogens is 1. The first-order valence-corrected chi connectivity index (χ1v) is 10.6. The summed E-state index contributed by atoms with van der Waals surface area (Å²) in [5.41, 5.74) is 5.61. The Labute approximate surface area is 179 Å². The van der Waals surface area contributed by atoms with Gasteiger partial charge in [0.15, 0.2) is 0 Å². The second-order valence-corrected chi connectivity index (χ2v) is 7.45. The van der Waals surface area contributed by atoms with Crippen LogP contribution in [0.4, 0.5) is 0 Å². The van der Waals surface area contributed by atoms with Gasteiger partial charge in [0.25, 0.3) is 5.91 Å². The Hall–Kier alpha value is -3.14. The first-order valence-electron chi connectivity index (χ1n) is 10.6. The van der Waals surface area contributed by atoms with Crippen molar-refractivity contribution in [2.75, 3.05) is 0 Å². The van der Waals surface area contributed by atoms with Crippen LogP contribution in [0.2, 0.25) is 0 Å². The summed E-state index contributed by atoms with van der Waals surface area (Å²) in [5.74, 6) is 0.200. The van der Waals surface area contributed by atoms with Crippen molar-refractivity contribution < 1.29 is 9.59 Å². The van der Waals surface area contributed by atoms with Gasteiger partial charge in [-0.15, -0.1) is 0 Å². The van der Waals surface area contributed by atoms with E-state index in [1.165, 1.54) is 16.8 Å². The number of carbonyl (C=O) groups is 2. The van der Waals surface area contributed by atoms with E-state index in [9.17, 15) is 9.59 Å². The molecule has 0 spiro atoms. The lowest BCUT2D eigenvalue weighted by atomic mass is 10.00. The Morgan fingerprint density at radius 2 is 1.57 bits per heavy atom. The van der Waals surface area contributed by atoms with Gasteiger partial charge in [0.05, 0.1) is 6.42 Å². The summed E-state index contributed by atoms with van der Waals surface area (Å²) in [6.45, 7) is 8.53. The Kier molecular flexibility index (Phi) is 9.07. The van der Waals surface area contributed by atoms with Gasteiger partial charge in [0.1, 0.15) is 0 Å². The molecule has 4 rings (SSSR count). The molecule has 1 aliphatic heterocycles. The molecule has 158 valence electrons. The zero-order valence-electron chi connectivity index (χ0n) is 18.4. The van der Waals surface area contributed by atoms with Crippen molar-refractivity contribution in [3.8, 4) is 0 Å². The third kappa shape index (κ3) is 6.73. The second kappa shape index (κ2) is 11.8. The molecule has 0 saturated heterocycles. The van der Waals surface area contributed by atoms with Crippen molar-refractivity contribution in [3.05, 3.63) is 94.8 Å². The highest BCUT2D eigenvalue weighted by Crippen LogP contribution is 2.16. The lowest BCUT2D eigenvalue weighted by Gasteiger charge is -2.13. The lowest BCUT2D eigenvalue weighted by Crippen LogP contribution is -2.37. The number of hydrogen-bond donors (Lipinski definition) is 2. The number of H-pyrrole nitrogens is 1. The molecule has 2 aromatic carbocycles. The molecule has 1 aliphatic rings. The van der Waals surface area contributed by atoms with Crippen molar-refractivity contribution in [1.29, 1.82) is 0 Å². The molecule has 0 radical (unpaired) electrons. The fourth-order valence-corrected chi connectivity index (χ4v) is 3.34. The minimum Gasteiger partial charge on any atom is -0.364 e. The Morgan fingerprint density at radius 3 is 2.27 bits per heavy atom. The summed E-state index contributed by atoms with van der Waals surface area (Å²) in [4.78, 5) is 25.4. The van der Waals surface area contributed by atoms with E-state index in [0.29, 0.717) is 17.9 Å². The van der Waals surface area contributed by atoms with E-state index in [4.69, 9.17) is 0 Å². The molecule has 4 nitrogen and oxygen atoms in total. The van der Waals surface area contributed by atoms with E-state index >= 15 is 0 Å². The van der Waals surface area contributed by atoms with Crippen LogP contribution in [-0.4, -0.2) is 16.8 Å². The quantitative estimate of drug-likeness (QED) is 0.577. The van der Waals surface area contributed by atoms with Crippen molar-refractivity contribution in [3.63, 3.8) is 0 Å². The topological polar surface area (TPSA) is 62.0 Å².